The van der Waals surface area contributed by atoms with Crippen LogP contribution in [0.15, 0.2) is 0 Å². The van der Waals surface area contributed by atoms with E-state index in [9.17, 15) is 5.11 Å². The van der Waals surface area contributed by atoms with E-state index in [4.69, 9.17) is 4.74 Å². The van der Waals surface area contributed by atoms with Gasteiger partial charge in [0.15, 0.2) is 0 Å². The number of nitrogens with one attached hydrogen (secondary N) is 1. The largest absolute Gasteiger partial charge is 0.396 e. The van der Waals surface area contributed by atoms with Gasteiger partial charge < -0.3 is 15.2 Å². The summed E-state index contributed by atoms with van der Waals surface area (Å²) in [4.78, 5) is 2.62. The number of nitrogens with zero attached hydrogens (tertiary/aromatic N) is 1. The topological polar surface area (TPSA) is 44.7 Å². The van der Waals surface area contributed by atoms with E-state index in [1.165, 1.54) is 38.6 Å². The van der Waals surface area contributed by atoms with Crippen LogP contribution in [0.4, 0.5) is 0 Å². The van der Waals surface area contributed by atoms with Gasteiger partial charge in [0.1, 0.15) is 0 Å². The Hall–Kier alpha value is -0.160. The van der Waals surface area contributed by atoms with Crippen molar-refractivity contribution in [3.05, 3.63) is 0 Å². The Morgan fingerprint density at radius 2 is 2.26 bits per heavy atom. The van der Waals surface area contributed by atoms with Crippen LogP contribution >= 0.6 is 0 Å². The van der Waals surface area contributed by atoms with Crippen LogP contribution in [0.25, 0.3) is 0 Å². The van der Waals surface area contributed by atoms with Crippen molar-refractivity contribution in [2.45, 2.75) is 44.6 Å². The molecule has 0 aromatic rings. The third-order valence-electron chi connectivity index (χ3n) is 4.71. The molecule has 2 fully saturated rings. The Morgan fingerprint density at radius 1 is 1.37 bits per heavy atom. The Kier molecular flexibility index (Phi) is 6.07. The Bertz CT molecular complexity index is 247. The predicted octanol–water partition coefficient (Wildman–Crippen LogP) is 1.24. The number of likely N-dealkylation sites (tertiary alicyclic amines) is 1. The molecule has 0 bridgehead atoms. The molecule has 0 saturated carbocycles. The van der Waals surface area contributed by atoms with Crippen molar-refractivity contribution in [2.75, 3.05) is 46.5 Å². The fraction of sp³-hybridized carbons (Fsp3) is 1.00. The van der Waals surface area contributed by atoms with E-state index in [1.807, 2.05) is 7.05 Å². The Morgan fingerprint density at radius 3 is 2.95 bits per heavy atom. The molecule has 112 valence electrons. The smallest absolute Gasteiger partial charge is 0.0546 e. The van der Waals surface area contributed by atoms with E-state index in [2.05, 4.69) is 10.2 Å². The fourth-order valence-corrected chi connectivity index (χ4v) is 3.78. The van der Waals surface area contributed by atoms with E-state index in [0.29, 0.717) is 12.6 Å². The number of hydrogen-bond donors (Lipinski definition) is 2. The van der Waals surface area contributed by atoms with Gasteiger partial charge in [-0.25, -0.2) is 0 Å². The van der Waals surface area contributed by atoms with Crippen LogP contribution < -0.4 is 5.32 Å². The van der Waals surface area contributed by atoms with Gasteiger partial charge in [-0.15, -0.1) is 0 Å². The van der Waals surface area contributed by atoms with E-state index in [-0.39, 0.29) is 5.41 Å². The number of piperidine rings is 1. The molecular weight excluding hydrogens is 240 g/mol. The van der Waals surface area contributed by atoms with Gasteiger partial charge in [0.2, 0.25) is 0 Å². The van der Waals surface area contributed by atoms with Gasteiger partial charge in [0.05, 0.1) is 6.61 Å². The first-order chi connectivity index (χ1) is 9.29. The summed E-state index contributed by atoms with van der Waals surface area (Å²) in [7, 11) is 2.04. The van der Waals surface area contributed by atoms with E-state index >= 15 is 0 Å². The molecule has 2 unspecified atom stereocenters. The fourth-order valence-electron chi connectivity index (χ4n) is 3.78. The van der Waals surface area contributed by atoms with Gasteiger partial charge in [0.25, 0.3) is 0 Å². The van der Waals surface area contributed by atoms with Gasteiger partial charge in [-0.05, 0) is 45.7 Å². The lowest BCUT2D eigenvalue weighted by Crippen LogP contribution is -2.52. The second-order valence-electron chi connectivity index (χ2n) is 6.32. The first-order valence-corrected chi connectivity index (χ1v) is 7.87. The van der Waals surface area contributed by atoms with Crippen LogP contribution in [0.3, 0.4) is 0 Å². The van der Waals surface area contributed by atoms with Crippen molar-refractivity contribution >= 4 is 0 Å². The van der Waals surface area contributed by atoms with Gasteiger partial charge >= 0.3 is 0 Å². The highest BCUT2D eigenvalue weighted by molar-refractivity contribution is 4.90. The number of ether oxygens (including phenoxy) is 1. The average Bonchev–Trinajstić information content (AvgIpc) is 2.43. The zero-order valence-electron chi connectivity index (χ0n) is 12.4. The first kappa shape index (κ1) is 15.2. The second kappa shape index (κ2) is 7.58. The van der Waals surface area contributed by atoms with Crippen LogP contribution in [0.2, 0.25) is 0 Å². The SMILES string of the molecule is CNCC1(CN2CCCCC2CCO)CCCOC1. The van der Waals surface area contributed by atoms with Crippen LogP contribution in [-0.4, -0.2) is 62.6 Å². The second-order valence-corrected chi connectivity index (χ2v) is 6.32. The summed E-state index contributed by atoms with van der Waals surface area (Å²) in [5, 5.41) is 12.6. The van der Waals surface area contributed by atoms with Gasteiger partial charge in [-0.2, -0.15) is 0 Å². The molecule has 0 aromatic heterocycles. The minimum Gasteiger partial charge on any atom is -0.396 e. The number of rotatable bonds is 6. The zero-order chi connectivity index (χ0) is 13.6. The van der Waals surface area contributed by atoms with E-state index < -0.39 is 0 Å². The molecule has 2 saturated heterocycles. The predicted molar refractivity (Wildman–Crippen MR) is 77.3 cm³/mol. The molecule has 2 heterocycles. The van der Waals surface area contributed by atoms with Crippen LogP contribution in [-0.2, 0) is 4.74 Å². The summed E-state index contributed by atoms with van der Waals surface area (Å²) in [5.74, 6) is 0. The molecular formula is C15H30N2O2. The summed E-state index contributed by atoms with van der Waals surface area (Å²) >= 11 is 0. The van der Waals surface area contributed by atoms with Crippen molar-refractivity contribution in [3.8, 4) is 0 Å². The first-order valence-electron chi connectivity index (χ1n) is 7.87. The molecule has 2 aliphatic rings. The van der Waals surface area contributed by atoms with Crippen molar-refractivity contribution in [1.29, 1.82) is 0 Å². The van der Waals surface area contributed by atoms with Crippen LogP contribution in [0.5, 0.6) is 0 Å². The standard InChI is InChI=1S/C15H30N2O2/c1-16-11-15(7-4-10-19-13-15)12-17-8-3-2-5-14(17)6-9-18/h14,16,18H,2-13H2,1H3. The van der Waals surface area contributed by atoms with Gasteiger partial charge in [-0.3, -0.25) is 4.90 Å². The molecule has 0 spiro atoms. The molecule has 2 aliphatic heterocycles. The summed E-state index contributed by atoms with van der Waals surface area (Å²) < 4.78 is 5.76. The van der Waals surface area contributed by atoms with Gasteiger partial charge in [0, 0.05) is 37.8 Å². The molecule has 19 heavy (non-hydrogen) atoms. The number of hydrogen-bond acceptors (Lipinski definition) is 4. The Balaban J connectivity index is 1.97. The van der Waals surface area contributed by atoms with Crippen LogP contribution in [0, 0.1) is 5.41 Å². The summed E-state index contributed by atoms with van der Waals surface area (Å²) in [6, 6.07) is 0.578. The molecule has 2 N–H and O–H groups in total. The number of aliphatic hydroxyl groups is 1. The molecule has 0 amide bonds. The minimum absolute atomic E-state index is 0.276. The minimum atomic E-state index is 0.276. The lowest BCUT2D eigenvalue weighted by Gasteiger charge is -2.45. The molecule has 4 heteroatoms. The van der Waals surface area contributed by atoms with Crippen LogP contribution in [0.1, 0.15) is 38.5 Å². The summed E-state index contributed by atoms with van der Waals surface area (Å²) in [5.41, 5.74) is 0.276. The van der Waals surface area contributed by atoms with E-state index in [0.717, 1.165) is 32.7 Å². The molecule has 2 rings (SSSR count). The highest BCUT2D eigenvalue weighted by Gasteiger charge is 2.36. The summed E-state index contributed by atoms with van der Waals surface area (Å²) in [6.45, 7) is 5.47. The lowest BCUT2D eigenvalue weighted by atomic mass is 9.80. The van der Waals surface area contributed by atoms with Crippen molar-refractivity contribution in [3.63, 3.8) is 0 Å². The lowest BCUT2D eigenvalue weighted by molar-refractivity contribution is -0.0387. The third kappa shape index (κ3) is 4.15. The zero-order valence-corrected chi connectivity index (χ0v) is 12.4. The highest BCUT2D eigenvalue weighted by Crippen LogP contribution is 2.32. The Labute approximate surface area is 117 Å². The quantitative estimate of drug-likeness (QED) is 0.762. The molecule has 4 nitrogen and oxygen atoms in total. The average molecular weight is 270 g/mol. The maximum absolute atomic E-state index is 9.25. The monoisotopic (exact) mass is 270 g/mol. The highest BCUT2D eigenvalue weighted by atomic mass is 16.5. The maximum Gasteiger partial charge on any atom is 0.0546 e. The van der Waals surface area contributed by atoms with Crippen molar-refractivity contribution in [2.24, 2.45) is 5.41 Å². The molecule has 2 atom stereocenters. The number of aliphatic hydroxyl groups excluding tert-OH is 1. The van der Waals surface area contributed by atoms with Crippen molar-refractivity contribution in [1.82, 2.24) is 10.2 Å². The van der Waals surface area contributed by atoms with Gasteiger partial charge in [-0.1, -0.05) is 6.42 Å². The maximum atomic E-state index is 9.25. The molecule has 0 aliphatic carbocycles. The molecule has 0 radical (unpaired) electrons. The summed E-state index contributed by atoms with van der Waals surface area (Å²) in [6.07, 6.45) is 7.24. The molecule has 0 aromatic carbocycles. The normalized spacial score (nSPS) is 33.5. The van der Waals surface area contributed by atoms with Crippen molar-refractivity contribution < 1.29 is 9.84 Å². The van der Waals surface area contributed by atoms with E-state index in [1.54, 1.807) is 0 Å². The third-order valence-corrected chi connectivity index (χ3v) is 4.71.